The minimum Gasteiger partial charge on any atom is -0.378 e. The number of hydrogen-bond acceptors (Lipinski definition) is 5. The molecular formula is C18H18N4O2. The van der Waals surface area contributed by atoms with Gasteiger partial charge in [0.2, 0.25) is 0 Å². The Morgan fingerprint density at radius 3 is 2.62 bits per heavy atom. The van der Waals surface area contributed by atoms with E-state index in [1.807, 2.05) is 48.5 Å². The summed E-state index contributed by atoms with van der Waals surface area (Å²) in [4.78, 5) is 15.0. The number of aromatic nitrogens is 3. The number of rotatable bonds is 3. The van der Waals surface area contributed by atoms with Crippen LogP contribution < -0.4 is 10.5 Å². The molecule has 2 aromatic carbocycles. The van der Waals surface area contributed by atoms with Crippen LogP contribution in [-0.2, 0) is 11.3 Å². The molecule has 1 fully saturated rings. The van der Waals surface area contributed by atoms with Gasteiger partial charge in [-0.05, 0) is 23.8 Å². The van der Waals surface area contributed by atoms with E-state index in [1.54, 1.807) is 0 Å². The Morgan fingerprint density at radius 2 is 1.83 bits per heavy atom. The Kier molecular flexibility index (Phi) is 3.96. The second-order valence-electron chi connectivity index (χ2n) is 5.84. The summed E-state index contributed by atoms with van der Waals surface area (Å²) in [6.45, 7) is 3.52. The maximum Gasteiger partial charge on any atom is 0.277 e. The lowest BCUT2D eigenvalue weighted by atomic mass is 10.2. The molecule has 1 aromatic heterocycles. The van der Waals surface area contributed by atoms with Crippen LogP contribution in [0.3, 0.4) is 0 Å². The summed E-state index contributed by atoms with van der Waals surface area (Å²) in [7, 11) is 0. The van der Waals surface area contributed by atoms with Gasteiger partial charge in [0, 0.05) is 18.8 Å². The van der Waals surface area contributed by atoms with E-state index in [4.69, 9.17) is 4.74 Å². The van der Waals surface area contributed by atoms with E-state index in [1.165, 1.54) is 4.68 Å². The third kappa shape index (κ3) is 2.88. The van der Waals surface area contributed by atoms with Gasteiger partial charge < -0.3 is 9.64 Å². The van der Waals surface area contributed by atoms with Crippen molar-refractivity contribution in [2.45, 2.75) is 6.54 Å². The fourth-order valence-electron chi connectivity index (χ4n) is 2.94. The van der Waals surface area contributed by atoms with Crippen molar-refractivity contribution in [1.29, 1.82) is 0 Å². The second-order valence-corrected chi connectivity index (χ2v) is 5.84. The summed E-state index contributed by atoms with van der Waals surface area (Å²) in [5.74, 6) is 0. The van der Waals surface area contributed by atoms with Crippen LogP contribution in [0.15, 0.2) is 53.3 Å². The lowest BCUT2D eigenvalue weighted by Gasteiger charge is -2.28. The molecular weight excluding hydrogens is 304 g/mol. The van der Waals surface area contributed by atoms with Gasteiger partial charge in [0.1, 0.15) is 5.52 Å². The zero-order chi connectivity index (χ0) is 16.4. The van der Waals surface area contributed by atoms with Crippen LogP contribution >= 0.6 is 0 Å². The topological polar surface area (TPSA) is 60.3 Å². The van der Waals surface area contributed by atoms with Gasteiger partial charge in [-0.2, -0.15) is 0 Å². The number of hydrogen-bond donors (Lipinski definition) is 0. The molecule has 1 aliphatic rings. The third-order valence-corrected chi connectivity index (χ3v) is 4.26. The Balaban J connectivity index is 1.72. The highest BCUT2D eigenvalue weighted by molar-refractivity contribution is 5.81. The molecule has 1 saturated heterocycles. The zero-order valence-electron chi connectivity index (χ0n) is 13.3. The highest BCUT2D eigenvalue weighted by atomic mass is 16.5. The van der Waals surface area contributed by atoms with Crippen molar-refractivity contribution in [3.8, 4) is 0 Å². The van der Waals surface area contributed by atoms with Gasteiger partial charge in [-0.15, -0.1) is 5.10 Å². The summed E-state index contributed by atoms with van der Waals surface area (Å²) in [6, 6.07) is 15.6. The quantitative estimate of drug-likeness (QED) is 0.734. The first-order valence-electron chi connectivity index (χ1n) is 8.05. The summed E-state index contributed by atoms with van der Waals surface area (Å²) in [5.41, 5.74) is 2.57. The van der Waals surface area contributed by atoms with Crippen LogP contribution in [0.1, 0.15) is 5.56 Å². The molecule has 0 saturated carbocycles. The summed E-state index contributed by atoms with van der Waals surface area (Å²) >= 11 is 0. The fraction of sp³-hybridized carbons (Fsp3) is 0.278. The second kappa shape index (κ2) is 6.41. The summed E-state index contributed by atoms with van der Waals surface area (Å²) in [6.07, 6.45) is 0. The molecule has 0 atom stereocenters. The van der Waals surface area contributed by atoms with Crippen molar-refractivity contribution in [2.75, 3.05) is 31.2 Å². The SMILES string of the molecule is O=c1c2cc(N3CCOCC3)ccc2nnn1Cc1ccccc1. The van der Waals surface area contributed by atoms with E-state index >= 15 is 0 Å². The van der Waals surface area contributed by atoms with Gasteiger partial charge in [0.15, 0.2) is 0 Å². The van der Waals surface area contributed by atoms with Crippen molar-refractivity contribution in [1.82, 2.24) is 15.0 Å². The minimum atomic E-state index is -0.112. The highest BCUT2D eigenvalue weighted by Gasteiger charge is 2.13. The monoisotopic (exact) mass is 322 g/mol. The van der Waals surface area contributed by atoms with Gasteiger partial charge in [0.05, 0.1) is 25.1 Å². The molecule has 3 aromatic rings. The zero-order valence-corrected chi connectivity index (χ0v) is 13.3. The van der Waals surface area contributed by atoms with Crippen LogP contribution in [0.5, 0.6) is 0 Å². The fourth-order valence-corrected chi connectivity index (χ4v) is 2.94. The first-order chi connectivity index (χ1) is 11.8. The lowest BCUT2D eigenvalue weighted by molar-refractivity contribution is 0.122. The van der Waals surface area contributed by atoms with Gasteiger partial charge in [-0.25, -0.2) is 4.68 Å². The smallest absolute Gasteiger partial charge is 0.277 e. The molecule has 6 nitrogen and oxygen atoms in total. The van der Waals surface area contributed by atoms with E-state index in [0.717, 1.165) is 24.3 Å². The van der Waals surface area contributed by atoms with Crippen molar-refractivity contribution in [3.63, 3.8) is 0 Å². The van der Waals surface area contributed by atoms with Crippen molar-refractivity contribution in [3.05, 3.63) is 64.4 Å². The van der Waals surface area contributed by atoms with E-state index in [2.05, 4.69) is 15.2 Å². The molecule has 0 aliphatic carbocycles. The number of morpholine rings is 1. The Hall–Kier alpha value is -2.73. The van der Waals surface area contributed by atoms with Crippen molar-refractivity contribution in [2.24, 2.45) is 0 Å². The number of anilines is 1. The molecule has 6 heteroatoms. The summed E-state index contributed by atoms with van der Waals surface area (Å²) in [5, 5.41) is 8.86. The number of fused-ring (bicyclic) bond motifs is 1. The molecule has 0 bridgehead atoms. The maximum atomic E-state index is 12.8. The Labute approximate surface area is 139 Å². The predicted molar refractivity (Wildman–Crippen MR) is 92.4 cm³/mol. The lowest BCUT2D eigenvalue weighted by Crippen LogP contribution is -2.36. The molecule has 0 spiro atoms. The standard InChI is InChI=1S/C18H18N4O2/c23-18-16-12-15(21-8-10-24-11-9-21)6-7-17(16)19-20-22(18)13-14-4-2-1-3-5-14/h1-7,12H,8-11,13H2. The largest absolute Gasteiger partial charge is 0.378 e. The molecule has 0 N–H and O–H groups in total. The van der Waals surface area contributed by atoms with Gasteiger partial charge >= 0.3 is 0 Å². The Morgan fingerprint density at radius 1 is 1.04 bits per heavy atom. The van der Waals surface area contributed by atoms with E-state index < -0.39 is 0 Å². The molecule has 4 rings (SSSR count). The third-order valence-electron chi connectivity index (χ3n) is 4.26. The van der Waals surface area contributed by atoms with E-state index in [-0.39, 0.29) is 5.56 Å². The Bertz CT molecular complexity index is 902. The van der Waals surface area contributed by atoms with Gasteiger partial charge in [0.25, 0.3) is 5.56 Å². The molecule has 0 unspecified atom stereocenters. The highest BCUT2D eigenvalue weighted by Crippen LogP contribution is 2.19. The van der Waals surface area contributed by atoms with Crippen LogP contribution in [0.4, 0.5) is 5.69 Å². The molecule has 0 amide bonds. The van der Waals surface area contributed by atoms with Crippen LogP contribution in [0, 0.1) is 0 Å². The first kappa shape index (κ1) is 14.8. The van der Waals surface area contributed by atoms with Gasteiger partial charge in [-0.1, -0.05) is 35.5 Å². The average molecular weight is 322 g/mol. The van der Waals surface area contributed by atoms with E-state index in [0.29, 0.717) is 30.7 Å². The predicted octanol–water partition coefficient (Wildman–Crippen LogP) is 1.68. The number of ether oxygens (including phenoxy) is 1. The number of nitrogens with zero attached hydrogens (tertiary/aromatic N) is 4. The summed E-state index contributed by atoms with van der Waals surface area (Å²) < 4.78 is 6.81. The van der Waals surface area contributed by atoms with E-state index in [9.17, 15) is 4.79 Å². The minimum absolute atomic E-state index is 0.112. The van der Waals surface area contributed by atoms with Gasteiger partial charge in [-0.3, -0.25) is 4.79 Å². The molecule has 2 heterocycles. The van der Waals surface area contributed by atoms with Crippen LogP contribution in [0.2, 0.25) is 0 Å². The average Bonchev–Trinajstić information content (AvgIpc) is 2.65. The van der Waals surface area contributed by atoms with Crippen molar-refractivity contribution < 1.29 is 4.74 Å². The van der Waals surface area contributed by atoms with Crippen LogP contribution in [-0.4, -0.2) is 41.3 Å². The first-order valence-corrected chi connectivity index (χ1v) is 8.05. The van der Waals surface area contributed by atoms with Crippen molar-refractivity contribution >= 4 is 16.6 Å². The molecule has 0 radical (unpaired) electrons. The normalized spacial score (nSPS) is 14.9. The molecule has 122 valence electrons. The molecule has 24 heavy (non-hydrogen) atoms. The maximum absolute atomic E-state index is 12.8. The molecule has 1 aliphatic heterocycles. The number of benzene rings is 2. The van der Waals surface area contributed by atoms with Crippen LogP contribution in [0.25, 0.3) is 10.9 Å².